The van der Waals surface area contributed by atoms with Crippen molar-refractivity contribution in [1.82, 2.24) is 0 Å². The summed E-state index contributed by atoms with van der Waals surface area (Å²) in [6.07, 6.45) is -2.46. The molecular formula is C15H19F3NO+. The lowest BCUT2D eigenvalue weighted by molar-refractivity contribution is -0.958. The first-order valence-electron chi connectivity index (χ1n) is 7.07. The van der Waals surface area contributed by atoms with Crippen molar-refractivity contribution in [3.05, 3.63) is 35.4 Å². The molecule has 0 spiro atoms. The van der Waals surface area contributed by atoms with Gasteiger partial charge in [-0.15, -0.1) is 0 Å². The molecule has 1 unspecified atom stereocenters. The Hall–Kier alpha value is -1.07. The van der Waals surface area contributed by atoms with Gasteiger partial charge in [-0.1, -0.05) is 12.1 Å². The minimum absolute atomic E-state index is 0.244. The first-order valence-corrected chi connectivity index (χ1v) is 7.07. The molecule has 5 heteroatoms. The molecule has 2 bridgehead atoms. The van der Waals surface area contributed by atoms with Gasteiger partial charge < -0.3 is 9.59 Å². The molecule has 3 heterocycles. The Morgan fingerprint density at radius 1 is 1.10 bits per heavy atom. The molecule has 3 aliphatic heterocycles. The Morgan fingerprint density at radius 2 is 1.70 bits per heavy atom. The largest absolute Gasteiger partial charge is 0.416 e. The third-order valence-corrected chi connectivity index (χ3v) is 4.87. The Labute approximate surface area is 116 Å². The maximum atomic E-state index is 12.5. The number of halogens is 3. The average molecular weight is 286 g/mol. The van der Waals surface area contributed by atoms with Gasteiger partial charge in [-0.25, -0.2) is 0 Å². The minimum Gasteiger partial charge on any atom is -0.387 e. The Balaban J connectivity index is 1.74. The molecule has 4 rings (SSSR count). The van der Waals surface area contributed by atoms with Crippen molar-refractivity contribution >= 4 is 0 Å². The molecule has 2 nitrogen and oxygen atoms in total. The van der Waals surface area contributed by atoms with E-state index < -0.39 is 11.7 Å². The molecule has 3 fully saturated rings. The van der Waals surface area contributed by atoms with E-state index in [1.165, 1.54) is 0 Å². The fourth-order valence-corrected chi connectivity index (χ4v) is 3.66. The van der Waals surface area contributed by atoms with Gasteiger partial charge in [-0.3, -0.25) is 0 Å². The predicted molar refractivity (Wildman–Crippen MR) is 68.7 cm³/mol. The SMILES string of the molecule is OC1C[N+]2(Cc3ccc(C(F)(F)F)cc3)CCC1CC2. The number of hydrogen-bond donors (Lipinski definition) is 1. The molecule has 1 aromatic carbocycles. The lowest BCUT2D eigenvalue weighted by Crippen LogP contribution is -2.62. The molecule has 0 saturated carbocycles. The highest BCUT2D eigenvalue weighted by atomic mass is 19.4. The maximum absolute atomic E-state index is 12.5. The van der Waals surface area contributed by atoms with Crippen LogP contribution in [0.25, 0.3) is 0 Å². The summed E-state index contributed by atoms with van der Waals surface area (Å²) in [7, 11) is 0. The van der Waals surface area contributed by atoms with E-state index in [9.17, 15) is 18.3 Å². The Kier molecular flexibility index (Phi) is 3.29. The molecule has 20 heavy (non-hydrogen) atoms. The van der Waals surface area contributed by atoms with Crippen LogP contribution in [0.3, 0.4) is 0 Å². The van der Waals surface area contributed by atoms with Gasteiger partial charge in [0, 0.05) is 24.3 Å². The summed E-state index contributed by atoms with van der Waals surface area (Å²) < 4.78 is 38.4. The highest BCUT2D eigenvalue weighted by Gasteiger charge is 2.45. The van der Waals surface area contributed by atoms with E-state index in [1.807, 2.05) is 0 Å². The molecule has 3 saturated heterocycles. The predicted octanol–water partition coefficient (Wildman–Crippen LogP) is 2.81. The number of aliphatic hydroxyl groups is 1. The van der Waals surface area contributed by atoms with Crippen molar-refractivity contribution in [3.8, 4) is 0 Å². The molecule has 3 aliphatic rings. The number of fused-ring (bicyclic) bond motifs is 3. The molecule has 1 atom stereocenters. The molecule has 0 radical (unpaired) electrons. The number of piperidine rings is 3. The molecule has 0 aliphatic carbocycles. The Bertz CT molecular complexity index is 475. The van der Waals surface area contributed by atoms with Crippen molar-refractivity contribution < 1.29 is 22.8 Å². The van der Waals surface area contributed by atoms with Gasteiger partial charge in [0.05, 0.1) is 18.7 Å². The minimum atomic E-state index is -4.27. The van der Waals surface area contributed by atoms with Crippen molar-refractivity contribution in [2.75, 3.05) is 19.6 Å². The molecule has 1 N–H and O–H groups in total. The number of alkyl halides is 3. The summed E-state index contributed by atoms with van der Waals surface area (Å²) in [6, 6.07) is 5.45. The van der Waals surface area contributed by atoms with Gasteiger partial charge in [-0.05, 0) is 12.1 Å². The summed E-state index contributed by atoms with van der Waals surface area (Å²) >= 11 is 0. The van der Waals surface area contributed by atoms with E-state index in [0.717, 1.165) is 61.2 Å². The van der Waals surface area contributed by atoms with Crippen LogP contribution in [0.4, 0.5) is 13.2 Å². The molecule has 1 aromatic rings. The van der Waals surface area contributed by atoms with Crippen LogP contribution < -0.4 is 0 Å². The summed E-state index contributed by atoms with van der Waals surface area (Å²) in [6.45, 7) is 3.53. The first kappa shape index (κ1) is 13.9. The fourth-order valence-electron chi connectivity index (χ4n) is 3.66. The zero-order valence-corrected chi connectivity index (χ0v) is 11.2. The fraction of sp³-hybridized carbons (Fsp3) is 0.600. The number of benzene rings is 1. The van der Waals surface area contributed by atoms with Crippen LogP contribution in [0.15, 0.2) is 24.3 Å². The van der Waals surface area contributed by atoms with E-state index in [1.54, 1.807) is 12.1 Å². The van der Waals surface area contributed by atoms with Gasteiger partial charge in [0.15, 0.2) is 0 Å². The van der Waals surface area contributed by atoms with Crippen LogP contribution in [0, 0.1) is 5.92 Å². The van der Waals surface area contributed by atoms with Gasteiger partial charge in [-0.2, -0.15) is 13.2 Å². The van der Waals surface area contributed by atoms with Gasteiger partial charge >= 0.3 is 6.18 Å². The monoisotopic (exact) mass is 286 g/mol. The van der Waals surface area contributed by atoms with Crippen molar-refractivity contribution in [1.29, 1.82) is 0 Å². The van der Waals surface area contributed by atoms with Crippen LogP contribution >= 0.6 is 0 Å². The summed E-state index contributed by atoms with van der Waals surface area (Å²) in [5, 5.41) is 10.0. The summed E-state index contributed by atoms with van der Waals surface area (Å²) in [5.41, 5.74) is 0.323. The van der Waals surface area contributed by atoms with E-state index in [0.29, 0.717) is 5.92 Å². The number of hydrogen-bond acceptors (Lipinski definition) is 1. The quantitative estimate of drug-likeness (QED) is 0.829. The second-order valence-corrected chi connectivity index (χ2v) is 6.23. The summed E-state index contributed by atoms with van der Waals surface area (Å²) in [4.78, 5) is 0. The number of nitrogens with zero attached hydrogens (tertiary/aromatic N) is 1. The lowest BCUT2D eigenvalue weighted by atomic mass is 9.83. The third kappa shape index (κ3) is 2.56. The zero-order valence-electron chi connectivity index (χ0n) is 11.2. The van der Waals surface area contributed by atoms with Crippen molar-refractivity contribution in [2.45, 2.75) is 31.7 Å². The number of rotatable bonds is 2. The van der Waals surface area contributed by atoms with Crippen LogP contribution in [-0.4, -0.2) is 35.3 Å². The highest BCUT2D eigenvalue weighted by molar-refractivity contribution is 5.24. The normalized spacial score (nSPS) is 33.4. The van der Waals surface area contributed by atoms with Crippen LogP contribution in [0.2, 0.25) is 0 Å². The first-order chi connectivity index (χ1) is 9.38. The van der Waals surface area contributed by atoms with Crippen molar-refractivity contribution in [2.24, 2.45) is 5.92 Å². The molecule has 110 valence electrons. The molecule has 0 aromatic heterocycles. The lowest BCUT2D eigenvalue weighted by Gasteiger charge is -2.51. The number of aliphatic hydroxyl groups excluding tert-OH is 1. The van der Waals surface area contributed by atoms with Gasteiger partial charge in [0.2, 0.25) is 0 Å². The summed E-state index contributed by atoms with van der Waals surface area (Å²) in [5.74, 6) is 0.433. The van der Waals surface area contributed by atoms with Crippen LogP contribution in [-0.2, 0) is 12.7 Å². The highest BCUT2D eigenvalue weighted by Crippen LogP contribution is 2.36. The second-order valence-electron chi connectivity index (χ2n) is 6.23. The smallest absolute Gasteiger partial charge is 0.387 e. The van der Waals surface area contributed by atoms with Crippen LogP contribution in [0.5, 0.6) is 0 Å². The van der Waals surface area contributed by atoms with Crippen LogP contribution in [0.1, 0.15) is 24.0 Å². The maximum Gasteiger partial charge on any atom is 0.416 e. The van der Waals surface area contributed by atoms with Gasteiger partial charge in [0.25, 0.3) is 0 Å². The van der Waals surface area contributed by atoms with E-state index in [4.69, 9.17) is 0 Å². The zero-order chi connectivity index (χ0) is 14.4. The number of quaternary nitrogens is 1. The topological polar surface area (TPSA) is 20.2 Å². The average Bonchev–Trinajstić information content (AvgIpc) is 2.39. The van der Waals surface area contributed by atoms with E-state index >= 15 is 0 Å². The molecular weight excluding hydrogens is 267 g/mol. The van der Waals surface area contributed by atoms with E-state index in [-0.39, 0.29) is 6.10 Å². The third-order valence-electron chi connectivity index (χ3n) is 4.87. The standard InChI is InChI=1S/C15H19F3NO/c16-15(17,18)13-3-1-11(2-4-13)9-19-7-5-12(6-8-19)14(20)10-19/h1-4,12,14,20H,5-10H2/q+1. The van der Waals surface area contributed by atoms with E-state index in [2.05, 4.69) is 0 Å². The van der Waals surface area contributed by atoms with Gasteiger partial charge in [0.1, 0.15) is 19.2 Å². The Morgan fingerprint density at radius 3 is 2.20 bits per heavy atom. The van der Waals surface area contributed by atoms with Crippen molar-refractivity contribution in [3.63, 3.8) is 0 Å². The molecule has 0 amide bonds. The second kappa shape index (κ2) is 4.74.